The van der Waals surface area contributed by atoms with Crippen LogP contribution in [-0.2, 0) is 12.6 Å². The van der Waals surface area contributed by atoms with Crippen LogP contribution < -0.4 is 5.56 Å². The number of nitrogens with one attached hydrogen (secondary N) is 1. The summed E-state index contributed by atoms with van der Waals surface area (Å²) in [7, 11) is -1.17. The molecule has 0 bridgehead atoms. The van der Waals surface area contributed by atoms with E-state index in [0.717, 1.165) is 43.1 Å². The SMILES string of the molecule is CC(c1ccc(C(F)(F)F)nc1)n1nc(C#N)c2c(=O)[nH]c(C3CCC3c3ncc(CC[Si](C)(C)C)cn3)nc21. The average Bonchev–Trinajstić information content (AvgIpc) is 3.25. The molecule has 0 aliphatic heterocycles. The molecule has 4 aromatic rings. The van der Waals surface area contributed by atoms with Crippen LogP contribution >= 0.6 is 0 Å². The Morgan fingerprint density at radius 1 is 1.12 bits per heavy atom. The first-order valence-corrected chi connectivity index (χ1v) is 16.8. The summed E-state index contributed by atoms with van der Waals surface area (Å²) in [6.07, 6.45) is 2.89. The van der Waals surface area contributed by atoms with Crippen molar-refractivity contribution in [1.82, 2.24) is 34.7 Å². The Labute approximate surface area is 229 Å². The van der Waals surface area contributed by atoms with Crippen molar-refractivity contribution in [3.05, 3.63) is 75.2 Å². The quantitative estimate of drug-likeness (QED) is 0.299. The van der Waals surface area contributed by atoms with E-state index in [4.69, 9.17) is 4.98 Å². The second kappa shape index (κ2) is 10.2. The summed E-state index contributed by atoms with van der Waals surface area (Å²) in [6.45, 7) is 8.69. The Morgan fingerprint density at radius 2 is 1.82 bits per heavy atom. The molecule has 4 aromatic heterocycles. The smallest absolute Gasteiger partial charge is 0.310 e. The van der Waals surface area contributed by atoms with Gasteiger partial charge in [-0.2, -0.15) is 23.5 Å². The summed E-state index contributed by atoms with van der Waals surface area (Å²) in [5, 5.41) is 13.9. The Morgan fingerprint density at radius 3 is 2.38 bits per heavy atom. The molecule has 13 heteroatoms. The van der Waals surface area contributed by atoms with Gasteiger partial charge in [-0.05, 0) is 43.4 Å². The molecule has 4 heterocycles. The summed E-state index contributed by atoms with van der Waals surface area (Å²) in [6, 6.07) is 4.65. The highest BCUT2D eigenvalue weighted by molar-refractivity contribution is 6.76. The van der Waals surface area contributed by atoms with Crippen molar-refractivity contribution in [3.63, 3.8) is 0 Å². The number of alkyl halides is 3. The van der Waals surface area contributed by atoms with E-state index in [1.54, 1.807) is 6.92 Å². The third-order valence-electron chi connectivity index (χ3n) is 7.46. The number of aromatic nitrogens is 7. The van der Waals surface area contributed by atoms with Gasteiger partial charge in [0.1, 0.15) is 28.8 Å². The summed E-state index contributed by atoms with van der Waals surface area (Å²) >= 11 is 0. The zero-order chi connectivity index (χ0) is 28.8. The highest BCUT2D eigenvalue weighted by atomic mass is 28.3. The Bertz CT molecular complexity index is 1630. The number of fused-ring (bicyclic) bond motifs is 1. The third-order valence-corrected chi connectivity index (χ3v) is 9.21. The van der Waals surface area contributed by atoms with Crippen molar-refractivity contribution < 1.29 is 13.2 Å². The molecule has 9 nitrogen and oxygen atoms in total. The zero-order valence-corrected chi connectivity index (χ0v) is 23.6. The van der Waals surface area contributed by atoms with Gasteiger partial charge in [-0.15, -0.1) is 0 Å². The zero-order valence-electron chi connectivity index (χ0n) is 22.6. The van der Waals surface area contributed by atoms with E-state index in [0.29, 0.717) is 17.2 Å². The van der Waals surface area contributed by atoms with Gasteiger partial charge in [0, 0.05) is 38.5 Å². The summed E-state index contributed by atoms with van der Waals surface area (Å²) in [4.78, 5) is 33.5. The van der Waals surface area contributed by atoms with Crippen molar-refractivity contribution in [3.8, 4) is 6.07 Å². The van der Waals surface area contributed by atoms with Crippen LogP contribution in [0.1, 0.15) is 71.8 Å². The van der Waals surface area contributed by atoms with Crippen LogP contribution in [0.5, 0.6) is 0 Å². The van der Waals surface area contributed by atoms with Gasteiger partial charge in [0.25, 0.3) is 5.56 Å². The number of halogens is 3. The van der Waals surface area contributed by atoms with E-state index in [2.05, 4.69) is 44.7 Å². The lowest BCUT2D eigenvalue weighted by Crippen LogP contribution is -2.28. The minimum Gasteiger partial charge on any atom is -0.310 e. The monoisotopic (exact) mass is 566 g/mol. The molecular formula is C27H29F3N8OSi. The van der Waals surface area contributed by atoms with E-state index in [1.165, 1.54) is 10.7 Å². The molecule has 1 saturated carbocycles. The average molecular weight is 567 g/mol. The van der Waals surface area contributed by atoms with Gasteiger partial charge in [-0.3, -0.25) is 9.78 Å². The van der Waals surface area contributed by atoms with Gasteiger partial charge in [-0.1, -0.05) is 31.8 Å². The number of rotatable bonds is 7. The highest BCUT2D eigenvalue weighted by Gasteiger charge is 2.38. The van der Waals surface area contributed by atoms with Crippen molar-refractivity contribution in [2.24, 2.45) is 0 Å². The molecule has 1 aliphatic carbocycles. The molecule has 208 valence electrons. The summed E-state index contributed by atoms with van der Waals surface area (Å²) < 4.78 is 40.3. The molecule has 0 saturated heterocycles. The molecule has 40 heavy (non-hydrogen) atoms. The number of H-pyrrole nitrogens is 1. The Kier molecular flexibility index (Phi) is 7.07. The van der Waals surface area contributed by atoms with Crippen LogP contribution in [0.3, 0.4) is 0 Å². The molecule has 0 aromatic carbocycles. The minimum absolute atomic E-state index is 0.0185. The topological polar surface area (TPSA) is 126 Å². The number of nitrogens with zero attached hydrogens (tertiary/aromatic N) is 7. The van der Waals surface area contributed by atoms with Gasteiger partial charge < -0.3 is 4.98 Å². The number of nitriles is 1. The maximum absolute atomic E-state index is 13.1. The molecule has 1 N–H and O–H groups in total. The largest absolute Gasteiger partial charge is 0.433 e. The van der Waals surface area contributed by atoms with Gasteiger partial charge in [0.05, 0.1) is 6.04 Å². The minimum atomic E-state index is -4.56. The molecule has 5 rings (SSSR count). The lowest BCUT2D eigenvalue weighted by atomic mass is 9.72. The van der Waals surface area contributed by atoms with E-state index < -0.39 is 31.5 Å². The standard InChI is InChI=1S/C27H29F3N8OSi/c1-15(17-5-8-21(32-14-17)27(28,29)30)38-25-22(20(11-31)37-38)26(39)36-24(35-25)19-7-6-18(19)23-33-12-16(13-34-23)9-10-40(2,3)4/h5,8,12-15,18-19H,6-7,9-10H2,1-4H3,(H,35,36,39). The first-order valence-electron chi connectivity index (χ1n) is 13.1. The fourth-order valence-corrected chi connectivity index (χ4v) is 5.93. The number of aryl methyl sites for hydroxylation is 1. The molecule has 0 amide bonds. The fourth-order valence-electron chi connectivity index (χ4n) is 4.89. The Balaban J connectivity index is 1.45. The van der Waals surface area contributed by atoms with Gasteiger partial charge in [0.2, 0.25) is 0 Å². The maximum atomic E-state index is 13.1. The normalized spacial score (nSPS) is 18.4. The molecule has 3 atom stereocenters. The van der Waals surface area contributed by atoms with Crippen LogP contribution in [-0.4, -0.2) is 42.8 Å². The third kappa shape index (κ3) is 5.40. The van der Waals surface area contributed by atoms with Crippen LogP contribution in [0.4, 0.5) is 13.2 Å². The molecule has 1 fully saturated rings. The summed E-state index contributed by atoms with van der Waals surface area (Å²) in [5.74, 6) is 1.01. The second-order valence-electron chi connectivity index (χ2n) is 11.5. The van der Waals surface area contributed by atoms with Crippen molar-refractivity contribution in [2.75, 3.05) is 0 Å². The number of aromatic amines is 1. The number of pyridine rings is 1. The highest BCUT2D eigenvalue weighted by Crippen LogP contribution is 2.46. The Hall–Kier alpha value is -3.92. The molecular weight excluding hydrogens is 537 g/mol. The number of hydrogen-bond donors (Lipinski definition) is 1. The first kappa shape index (κ1) is 27.6. The van der Waals surface area contributed by atoms with Gasteiger partial charge >= 0.3 is 6.18 Å². The fraction of sp³-hybridized carbons (Fsp3) is 0.444. The van der Waals surface area contributed by atoms with Crippen LogP contribution in [0.25, 0.3) is 11.0 Å². The predicted octanol–water partition coefficient (Wildman–Crippen LogP) is 5.35. The lowest BCUT2D eigenvalue weighted by molar-refractivity contribution is -0.141. The van der Waals surface area contributed by atoms with Crippen LogP contribution in [0, 0.1) is 11.3 Å². The van der Waals surface area contributed by atoms with Crippen molar-refractivity contribution in [1.29, 1.82) is 5.26 Å². The maximum Gasteiger partial charge on any atom is 0.433 e. The van der Waals surface area contributed by atoms with E-state index in [-0.39, 0.29) is 28.6 Å². The van der Waals surface area contributed by atoms with E-state index in [1.807, 2.05) is 18.5 Å². The molecule has 3 unspecified atom stereocenters. The molecule has 1 aliphatic rings. The number of hydrogen-bond acceptors (Lipinski definition) is 7. The lowest BCUT2D eigenvalue weighted by Gasteiger charge is -2.34. The van der Waals surface area contributed by atoms with E-state index >= 15 is 0 Å². The van der Waals surface area contributed by atoms with Gasteiger partial charge in [0.15, 0.2) is 11.3 Å². The first-order chi connectivity index (χ1) is 18.9. The second-order valence-corrected chi connectivity index (χ2v) is 17.1. The van der Waals surface area contributed by atoms with Crippen LogP contribution in [0.15, 0.2) is 35.5 Å². The van der Waals surface area contributed by atoms with E-state index in [9.17, 15) is 23.2 Å². The predicted molar refractivity (Wildman–Crippen MR) is 145 cm³/mol. The van der Waals surface area contributed by atoms with Crippen molar-refractivity contribution in [2.45, 2.75) is 75.9 Å². The summed E-state index contributed by atoms with van der Waals surface area (Å²) in [5.41, 5.74) is 0.115. The van der Waals surface area contributed by atoms with Gasteiger partial charge in [-0.25, -0.2) is 19.6 Å². The molecule has 0 radical (unpaired) electrons. The van der Waals surface area contributed by atoms with Crippen LogP contribution in [0.2, 0.25) is 25.7 Å². The molecule has 0 spiro atoms. The van der Waals surface area contributed by atoms with Crippen molar-refractivity contribution >= 4 is 19.1 Å².